The fourth-order valence-electron chi connectivity index (χ4n) is 3.18. The number of amides is 3. The highest BCUT2D eigenvalue weighted by Crippen LogP contribution is 2.31. The van der Waals surface area contributed by atoms with E-state index in [1.54, 1.807) is 37.3 Å². The zero-order valence-corrected chi connectivity index (χ0v) is 18.1. The number of likely N-dealkylation sites (N-methyl/N-ethyl adjacent to an activating group) is 1. The summed E-state index contributed by atoms with van der Waals surface area (Å²) >= 11 is 3.15. The average Bonchev–Trinajstić information content (AvgIpc) is 2.81. The van der Waals surface area contributed by atoms with Crippen molar-refractivity contribution in [2.75, 3.05) is 30.4 Å². The fraction of sp³-hybridized carbons (Fsp3) is 0.286. The minimum Gasteiger partial charge on any atom is -0.481 e. The van der Waals surface area contributed by atoms with Gasteiger partial charge in [0.05, 0.1) is 17.9 Å². The molecule has 1 N–H and O–H groups in total. The third-order valence-electron chi connectivity index (χ3n) is 4.67. The Hall–Kier alpha value is -2.94. The summed E-state index contributed by atoms with van der Waals surface area (Å²) in [5.41, 5.74) is 1.12. The van der Waals surface area contributed by atoms with Crippen LogP contribution in [0.2, 0.25) is 0 Å². The van der Waals surface area contributed by atoms with Crippen LogP contribution in [-0.2, 0) is 14.4 Å². The normalized spacial score (nSPS) is 15.7. The molecule has 3 rings (SSSR count). The maximum absolute atomic E-state index is 13.8. The molecule has 0 bridgehead atoms. The molecule has 30 heavy (non-hydrogen) atoms. The van der Waals surface area contributed by atoms with Crippen LogP contribution in [0.25, 0.3) is 0 Å². The predicted octanol–water partition coefficient (Wildman–Crippen LogP) is 3.19. The third-order valence-corrected chi connectivity index (χ3v) is 5.16. The summed E-state index contributed by atoms with van der Waals surface area (Å²) in [5.74, 6) is -1.64. The van der Waals surface area contributed by atoms with Gasteiger partial charge in [0.15, 0.2) is 18.2 Å². The van der Waals surface area contributed by atoms with Crippen LogP contribution in [0.4, 0.5) is 15.8 Å². The van der Waals surface area contributed by atoms with Gasteiger partial charge in [-0.05, 0) is 37.3 Å². The maximum atomic E-state index is 13.8. The average molecular weight is 478 g/mol. The van der Waals surface area contributed by atoms with E-state index in [0.29, 0.717) is 15.8 Å². The van der Waals surface area contributed by atoms with Crippen LogP contribution in [-0.4, -0.2) is 48.9 Å². The Morgan fingerprint density at radius 2 is 2.03 bits per heavy atom. The summed E-state index contributed by atoms with van der Waals surface area (Å²) in [6.45, 7) is 1.16. The van der Waals surface area contributed by atoms with Crippen molar-refractivity contribution in [3.05, 3.63) is 52.8 Å². The van der Waals surface area contributed by atoms with E-state index in [9.17, 15) is 18.8 Å². The second-order valence-corrected chi connectivity index (χ2v) is 7.91. The zero-order valence-electron chi connectivity index (χ0n) is 16.5. The van der Waals surface area contributed by atoms with Gasteiger partial charge in [-0.3, -0.25) is 14.4 Å². The molecule has 2 aromatic carbocycles. The van der Waals surface area contributed by atoms with Crippen molar-refractivity contribution in [2.45, 2.75) is 19.4 Å². The number of halogens is 2. The molecule has 2 aromatic rings. The van der Waals surface area contributed by atoms with Crippen LogP contribution in [0.5, 0.6) is 5.75 Å². The zero-order chi connectivity index (χ0) is 21.8. The molecule has 0 aliphatic carbocycles. The highest BCUT2D eigenvalue weighted by molar-refractivity contribution is 9.10. The SMILES string of the molecule is C[C@H]1CC(=O)Nc2ccccc2N1C(=O)CN(C)C(=O)COc1ccc(Br)cc1F. The number of fused-ring (bicyclic) bond motifs is 1. The van der Waals surface area contributed by atoms with E-state index < -0.39 is 18.3 Å². The summed E-state index contributed by atoms with van der Waals surface area (Å²) < 4.78 is 19.6. The molecule has 9 heteroatoms. The van der Waals surface area contributed by atoms with Gasteiger partial charge < -0.3 is 19.9 Å². The number of ether oxygens (including phenoxy) is 1. The lowest BCUT2D eigenvalue weighted by molar-refractivity contribution is -0.135. The lowest BCUT2D eigenvalue weighted by atomic mass is 10.1. The lowest BCUT2D eigenvalue weighted by Gasteiger charge is -2.29. The van der Waals surface area contributed by atoms with Crippen molar-refractivity contribution < 1.29 is 23.5 Å². The van der Waals surface area contributed by atoms with Gasteiger partial charge in [-0.2, -0.15) is 0 Å². The van der Waals surface area contributed by atoms with E-state index in [1.807, 2.05) is 0 Å². The monoisotopic (exact) mass is 477 g/mol. The van der Waals surface area contributed by atoms with Crippen LogP contribution in [0, 0.1) is 5.82 Å². The predicted molar refractivity (Wildman–Crippen MR) is 114 cm³/mol. The van der Waals surface area contributed by atoms with Crippen molar-refractivity contribution in [1.29, 1.82) is 0 Å². The van der Waals surface area contributed by atoms with Gasteiger partial charge in [0, 0.05) is 24.0 Å². The molecule has 7 nitrogen and oxygen atoms in total. The van der Waals surface area contributed by atoms with E-state index in [-0.39, 0.29) is 36.6 Å². The second-order valence-electron chi connectivity index (χ2n) is 7.00. The summed E-state index contributed by atoms with van der Waals surface area (Å²) in [5, 5.41) is 2.79. The van der Waals surface area contributed by atoms with E-state index >= 15 is 0 Å². The minimum absolute atomic E-state index is 0.0501. The Kier molecular flexibility index (Phi) is 6.71. The third kappa shape index (κ3) is 4.96. The first-order chi connectivity index (χ1) is 14.3. The maximum Gasteiger partial charge on any atom is 0.260 e. The van der Waals surface area contributed by atoms with E-state index in [2.05, 4.69) is 21.2 Å². The molecule has 3 amide bonds. The molecule has 1 aliphatic heterocycles. The Morgan fingerprint density at radius 3 is 2.77 bits per heavy atom. The van der Waals surface area contributed by atoms with Crippen molar-refractivity contribution >= 4 is 45.0 Å². The molecular formula is C21H21BrFN3O4. The first kappa shape index (κ1) is 21.8. The molecule has 1 atom stereocenters. The molecule has 0 radical (unpaired) electrons. The number of anilines is 2. The number of benzene rings is 2. The lowest BCUT2D eigenvalue weighted by Crippen LogP contribution is -2.46. The van der Waals surface area contributed by atoms with Crippen LogP contribution >= 0.6 is 15.9 Å². The van der Waals surface area contributed by atoms with Crippen LogP contribution in [0.15, 0.2) is 46.9 Å². The van der Waals surface area contributed by atoms with Crippen LogP contribution in [0.1, 0.15) is 13.3 Å². The number of hydrogen-bond acceptors (Lipinski definition) is 4. The number of nitrogens with one attached hydrogen (secondary N) is 1. The quantitative estimate of drug-likeness (QED) is 0.716. The van der Waals surface area contributed by atoms with Crippen LogP contribution < -0.4 is 15.0 Å². The van der Waals surface area contributed by atoms with Crippen molar-refractivity contribution in [2.24, 2.45) is 0 Å². The van der Waals surface area contributed by atoms with Crippen LogP contribution in [0.3, 0.4) is 0 Å². The molecule has 158 valence electrons. The number of para-hydroxylation sites is 2. The van der Waals surface area contributed by atoms with Gasteiger partial charge in [-0.1, -0.05) is 28.1 Å². The number of carbonyl (C=O) groups is 3. The Morgan fingerprint density at radius 1 is 1.30 bits per heavy atom. The highest BCUT2D eigenvalue weighted by Gasteiger charge is 2.30. The summed E-state index contributed by atoms with van der Waals surface area (Å²) in [4.78, 5) is 40.2. The molecule has 0 saturated carbocycles. The first-order valence-corrected chi connectivity index (χ1v) is 10.1. The van der Waals surface area contributed by atoms with Gasteiger partial charge >= 0.3 is 0 Å². The first-order valence-electron chi connectivity index (χ1n) is 9.29. The molecule has 0 aromatic heterocycles. The largest absolute Gasteiger partial charge is 0.481 e. The number of rotatable bonds is 5. The Labute approximate surface area is 181 Å². The molecule has 0 saturated heterocycles. The molecular weight excluding hydrogens is 457 g/mol. The fourth-order valence-corrected chi connectivity index (χ4v) is 3.51. The van der Waals surface area contributed by atoms with Gasteiger partial charge in [0.1, 0.15) is 0 Å². The van der Waals surface area contributed by atoms with Gasteiger partial charge in [-0.15, -0.1) is 0 Å². The number of carbonyl (C=O) groups excluding carboxylic acids is 3. The van der Waals surface area contributed by atoms with Crippen molar-refractivity contribution in [3.63, 3.8) is 0 Å². The molecule has 0 fully saturated rings. The minimum atomic E-state index is -0.594. The van der Waals surface area contributed by atoms with Crippen molar-refractivity contribution in [1.82, 2.24) is 4.90 Å². The topological polar surface area (TPSA) is 79.0 Å². The Balaban J connectivity index is 1.67. The van der Waals surface area contributed by atoms with Gasteiger partial charge in [0.25, 0.3) is 5.91 Å². The van der Waals surface area contributed by atoms with E-state index in [1.165, 1.54) is 29.0 Å². The highest BCUT2D eigenvalue weighted by atomic mass is 79.9. The molecule has 1 heterocycles. The molecule has 0 unspecified atom stereocenters. The molecule has 1 aliphatic rings. The smallest absolute Gasteiger partial charge is 0.260 e. The van der Waals surface area contributed by atoms with Crippen molar-refractivity contribution in [3.8, 4) is 5.75 Å². The number of nitrogens with zero attached hydrogens (tertiary/aromatic N) is 2. The van der Waals surface area contributed by atoms with Gasteiger partial charge in [-0.25, -0.2) is 4.39 Å². The second kappa shape index (κ2) is 9.25. The standard InChI is InChI=1S/C21H21BrFN3O4/c1-13-9-19(27)24-16-5-3-4-6-17(16)26(13)20(28)11-25(2)21(29)12-30-18-8-7-14(22)10-15(18)23/h3-8,10,13H,9,11-12H2,1-2H3,(H,24,27)/t13-/m0/s1. The molecule has 0 spiro atoms. The van der Waals surface area contributed by atoms with E-state index in [0.717, 1.165) is 0 Å². The van der Waals surface area contributed by atoms with Gasteiger partial charge in [0.2, 0.25) is 11.8 Å². The van der Waals surface area contributed by atoms with E-state index in [4.69, 9.17) is 4.74 Å². The summed E-state index contributed by atoms with van der Waals surface area (Å²) in [6.07, 6.45) is 0.143. The Bertz CT molecular complexity index is 984. The number of hydrogen-bond donors (Lipinski definition) is 1. The summed E-state index contributed by atoms with van der Waals surface area (Å²) in [6, 6.07) is 10.9. The summed E-state index contributed by atoms with van der Waals surface area (Å²) in [7, 11) is 1.47.